The first-order chi connectivity index (χ1) is 8.99. The number of aliphatic carboxylic acids is 1. The summed E-state index contributed by atoms with van der Waals surface area (Å²) in [5.41, 5.74) is 1.03. The smallest absolute Gasteiger partial charge is 0.307 e. The molecule has 3 nitrogen and oxygen atoms in total. The fourth-order valence-corrected chi connectivity index (χ4v) is 2.00. The Morgan fingerprint density at radius 1 is 1.26 bits per heavy atom. The van der Waals surface area contributed by atoms with Crippen LogP contribution in [0.1, 0.15) is 5.56 Å². The number of carbonyl (C=O) groups is 1. The van der Waals surface area contributed by atoms with Gasteiger partial charge >= 0.3 is 5.97 Å². The standard InChI is InChI=1S/C13H8Cl2FNO2/c14-10-2-1-7(3-11(10)15)9-5-17-6-12(16)8(9)4-13(18)19/h1-3,5-6H,4H2,(H,18,19). The molecule has 0 atom stereocenters. The van der Waals surface area contributed by atoms with E-state index in [4.69, 9.17) is 28.3 Å². The van der Waals surface area contributed by atoms with Crippen molar-refractivity contribution in [3.05, 3.63) is 52.0 Å². The zero-order valence-corrected chi connectivity index (χ0v) is 11.0. The molecular formula is C13H8Cl2FNO2. The first-order valence-electron chi connectivity index (χ1n) is 5.28. The van der Waals surface area contributed by atoms with Gasteiger partial charge in [-0.1, -0.05) is 29.3 Å². The first-order valence-corrected chi connectivity index (χ1v) is 6.04. The van der Waals surface area contributed by atoms with Crippen LogP contribution < -0.4 is 0 Å². The van der Waals surface area contributed by atoms with Crippen LogP contribution in [0.5, 0.6) is 0 Å². The second-order valence-electron chi connectivity index (χ2n) is 3.85. The van der Waals surface area contributed by atoms with E-state index in [1.54, 1.807) is 18.2 Å². The molecule has 0 spiro atoms. The number of carboxylic acids is 1. The van der Waals surface area contributed by atoms with Crippen LogP contribution in [-0.2, 0) is 11.2 Å². The number of hydrogen-bond acceptors (Lipinski definition) is 2. The van der Waals surface area contributed by atoms with Gasteiger partial charge in [-0.2, -0.15) is 0 Å². The van der Waals surface area contributed by atoms with E-state index in [-0.39, 0.29) is 5.56 Å². The minimum Gasteiger partial charge on any atom is -0.481 e. The lowest BCUT2D eigenvalue weighted by molar-refractivity contribution is -0.136. The molecule has 0 aliphatic carbocycles. The number of rotatable bonds is 3. The van der Waals surface area contributed by atoms with Crippen molar-refractivity contribution in [2.24, 2.45) is 0 Å². The van der Waals surface area contributed by atoms with Crippen LogP contribution in [0.2, 0.25) is 10.0 Å². The molecule has 0 saturated heterocycles. The van der Waals surface area contributed by atoms with Gasteiger partial charge in [0, 0.05) is 17.3 Å². The highest BCUT2D eigenvalue weighted by molar-refractivity contribution is 6.42. The van der Waals surface area contributed by atoms with Crippen LogP contribution in [0.25, 0.3) is 11.1 Å². The fourth-order valence-electron chi connectivity index (χ4n) is 1.71. The Kier molecular flexibility index (Phi) is 4.02. The molecule has 19 heavy (non-hydrogen) atoms. The third-order valence-electron chi connectivity index (χ3n) is 2.56. The summed E-state index contributed by atoms with van der Waals surface area (Å²) < 4.78 is 13.7. The lowest BCUT2D eigenvalue weighted by Crippen LogP contribution is -2.05. The summed E-state index contributed by atoms with van der Waals surface area (Å²) in [5.74, 6) is -1.78. The molecule has 0 unspecified atom stereocenters. The van der Waals surface area contributed by atoms with E-state index < -0.39 is 18.2 Å². The Hall–Kier alpha value is -1.65. The van der Waals surface area contributed by atoms with Crippen LogP contribution in [-0.4, -0.2) is 16.1 Å². The maximum absolute atomic E-state index is 13.7. The summed E-state index contributed by atoms with van der Waals surface area (Å²) in [6.07, 6.45) is 1.96. The van der Waals surface area contributed by atoms with Crippen LogP contribution in [0, 0.1) is 5.82 Å². The monoisotopic (exact) mass is 299 g/mol. The topological polar surface area (TPSA) is 50.2 Å². The summed E-state index contributed by atoms with van der Waals surface area (Å²) in [4.78, 5) is 14.5. The van der Waals surface area contributed by atoms with Crippen LogP contribution in [0.4, 0.5) is 4.39 Å². The summed E-state index contributed by atoms with van der Waals surface area (Å²) >= 11 is 11.7. The van der Waals surface area contributed by atoms with Gasteiger partial charge in [-0.15, -0.1) is 0 Å². The van der Waals surface area contributed by atoms with E-state index in [9.17, 15) is 9.18 Å². The summed E-state index contributed by atoms with van der Waals surface area (Å²) in [6.45, 7) is 0. The molecule has 1 aromatic carbocycles. The van der Waals surface area contributed by atoms with E-state index in [1.807, 2.05) is 0 Å². The molecule has 1 aromatic heterocycles. The number of benzene rings is 1. The number of hydrogen-bond donors (Lipinski definition) is 1. The van der Waals surface area contributed by atoms with E-state index >= 15 is 0 Å². The summed E-state index contributed by atoms with van der Waals surface area (Å²) in [7, 11) is 0. The molecule has 1 heterocycles. The van der Waals surface area contributed by atoms with Gasteiger partial charge in [0.15, 0.2) is 0 Å². The van der Waals surface area contributed by atoms with Crippen molar-refractivity contribution in [1.29, 1.82) is 0 Å². The zero-order valence-electron chi connectivity index (χ0n) is 9.53. The van der Waals surface area contributed by atoms with Crippen molar-refractivity contribution in [3.8, 4) is 11.1 Å². The molecule has 2 rings (SSSR count). The van der Waals surface area contributed by atoms with Gasteiger partial charge in [0.05, 0.1) is 22.7 Å². The van der Waals surface area contributed by atoms with Gasteiger partial charge in [0.1, 0.15) is 5.82 Å². The Morgan fingerprint density at radius 3 is 2.63 bits per heavy atom. The second kappa shape index (κ2) is 5.55. The molecule has 0 saturated carbocycles. The minimum absolute atomic E-state index is 0.0703. The van der Waals surface area contributed by atoms with Crippen molar-refractivity contribution in [2.75, 3.05) is 0 Å². The highest BCUT2D eigenvalue weighted by Crippen LogP contribution is 2.31. The van der Waals surface area contributed by atoms with Crippen molar-refractivity contribution >= 4 is 29.2 Å². The van der Waals surface area contributed by atoms with E-state index in [0.29, 0.717) is 21.2 Å². The predicted molar refractivity (Wildman–Crippen MR) is 71.0 cm³/mol. The number of nitrogens with zero attached hydrogens (tertiary/aromatic N) is 1. The van der Waals surface area contributed by atoms with Crippen molar-refractivity contribution in [2.45, 2.75) is 6.42 Å². The third kappa shape index (κ3) is 3.03. The van der Waals surface area contributed by atoms with Crippen molar-refractivity contribution in [1.82, 2.24) is 4.98 Å². The lowest BCUT2D eigenvalue weighted by atomic mass is 9.99. The Labute approximate surface area is 118 Å². The molecule has 1 N–H and O–H groups in total. The Balaban J connectivity index is 2.57. The molecule has 0 bridgehead atoms. The molecule has 0 amide bonds. The van der Waals surface area contributed by atoms with E-state index in [1.165, 1.54) is 6.20 Å². The average molecular weight is 300 g/mol. The van der Waals surface area contributed by atoms with Crippen molar-refractivity contribution < 1.29 is 14.3 Å². The van der Waals surface area contributed by atoms with Crippen LogP contribution in [0.15, 0.2) is 30.6 Å². The highest BCUT2D eigenvalue weighted by Gasteiger charge is 2.15. The van der Waals surface area contributed by atoms with Crippen LogP contribution in [0.3, 0.4) is 0 Å². The molecule has 0 fully saturated rings. The first kappa shape index (κ1) is 13.8. The predicted octanol–water partition coefficient (Wildman–Crippen LogP) is 3.82. The summed E-state index contributed by atoms with van der Waals surface area (Å²) in [6, 6.07) is 4.75. The highest BCUT2D eigenvalue weighted by atomic mass is 35.5. The number of halogens is 3. The number of carboxylic acid groups (broad SMARTS) is 1. The van der Waals surface area contributed by atoms with Crippen molar-refractivity contribution in [3.63, 3.8) is 0 Å². The third-order valence-corrected chi connectivity index (χ3v) is 3.30. The zero-order chi connectivity index (χ0) is 14.0. The molecule has 2 aromatic rings. The quantitative estimate of drug-likeness (QED) is 0.937. The molecular weight excluding hydrogens is 292 g/mol. The molecule has 0 aliphatic rings. The van der Waals surface area contributed by atoms with Crippen LogP contribution >= 0.6 is 23.2 Å². The lowest BCUT2D eigenvalue weighted by Gasteiger charge is -2.09. The molecule has 98 valence electrons. The molecule has 0 aliphatic heterocycles. The van der Waals surface area contributed by atoms with Gasteiger partial charge in [0.2, 0.25) is 0 Å². The summed E-state index contributed by atoms with van der Waals surface area (Å²) in [5, 5.41) is 9.51. The fraction of sp³-hybridized carbons (Fsp3) is 0.0769. The van der Waals surface area contributed by atoms with Gasteiger partial charge in [-0.05, 0) is 17.7 Å². The van der Waals surface area contributed by atoms with Gasteiger partial charge in [-0.25, -0.2) is 4.39 Å². The largest absolute Gasteiger partial charge is 0.481 e. The SMILES string of the molecule is O=C(O)Cc1c(F)cncc1-c1ccc(Cl)c(Cl)c1. The molecule has 6 heteroatoms. The Morgan fingerprint density at radius 2 is 2.00 bits per heavy atom. The van der Waals surface area contributed by atoms with Gasteiger partial charge in [-0.3, -0.25) is 9.78 Å². The van der Waals surface area contributed by atoms with E-state index in [2.05, 4.69) is 4.98 Å². The number of pyridine rings is 1. The van der Waals surface area contributed by atoms with E-state index in [0.717, 1.165) is 6.20 Å². The minimum atomic E-state index is -1.12. The maximum Gasteiger partial charge on any atom is 0.307 e. The normalized spacial score (nSPS) is 10.5. The number of aromatic nitrogens is 1. The maximum atomic E-state index is 13.7. The molecule has 0 radical (unpaired) electrons. The van der Waals surface area contributed by atoms with Gasteiger partial charge in [0.25, 0.3) is 0 Å². The second-order valence-corrected chi connectivity index (χ2v) is 4.66. The Bertz CT molecular complexity index is 647. The average Bonchev–Trinajstić information content (AvgIpc) is 2.35. The van der Waals surface area contributed by atoms with Gasteiger partial charge < -0.3 is 5.11 Å².